The zero-order valence-electron chi connectivity index (χ0n) is 12.7. The van der Waals surface area contributed by atoms with Crippen LogP contribution in [-0.2, 0) is 4.74 Å². The fourth-order valence-corrected chi connectivity index (χ4v) is 2.66. The van der Waals surface area contributed by atoms with Gasteiger partial charge >= 0.3 is 0 Å². The van der Waals surface area contributed by atoms with Crippen LogP contribution in [0.3, 0.4) is 0 Å². The minimum atomic E-state index is -0.306. The molecule has 2 rings (SSSR count). The van der Waals surface area contributed by atoms with E-state index in [4.69, 9.17) is 16.3 Å². The van der Waals surface area contributed by atoms with Gasteiger partial charge in [0, 0.05) is 23.9 Å². The van der Waals surface area contributed by atoms with E-state index in [1.807, 2.05) is 13.0 Å². The van der Waals surface area contributed by atoms with Gasteiger partial charge in [0.15, 0.2) is 0 Å². The van der Waals surface area contributed by atoms with Crippen LogP contribution in [0.1, 0.15) is 43.5 Å². The van der Waals surface area contributed by atoms with Crippen molar-refractivity contribution in [1.82, 2.24) is 5.32 Å². The highest BCUT2D eigenvalue weighted by Gasteiger charge is 2.30. The normalized spacial score (nSPS) is 21.9. The molecule has 0 aliphatic carbocycles. The molecule has 1 heterocycles. The molecule has 0 bridgehead atoms. The fraction of sp³-hybridized carbons (Fsp3) is 0.562. The predicted octanol–water partition coefficient (Wildman–Crippen LogP) is 3.46. The number of ether oxygens (including phenoxy) is 1. The highest BCUT2D eigenvalue weighted by Crippen LogP contribution is 2.24. The van der Waals surface area contributed by atoms with Crippen molar-refractivity contribution in [3.63, 3.8) is 0 Å². The summed E-state index contributed by atoms with van der Waals surface area (Å²) in [5, 5.41) is 6.93. The maximum absolute atomic E-state index is 12.6. The Morgan fingerprint density at radius 3 is 2.95 bits per heavy atom. The molecule has 0 radical (unpaired) electrons. The van der Waals surface area contributed by atoms with Crippen LogP contribution in [0.25, 0.3) is 0 Å². The van der Waals surface area contributed by atoms with Crippen LogP contribution < -0.4 is 10.6 Å². The minimum Gasteiger partial charge on any atom is -0.384 e. The molecule has 2 N–H and O–H groups in total. The van der Waals surface area contributed by atoms with Gasteiger partial charge in [-0.1, -0.05) is 18.5 Å². The number of rotatable bonds is 5. The summed E-state index contributed by atoms with van der Waals surface area (Å²) in [5.41, 5.74) is 1.10. The highest BCUT2D eigenvalue weighted by atomic mass is 35.5. The number of benzene rings is 1. The number of amides is 1. The average molecular weight is 311 g/mol. The molecular formula is C16H23ClN2O2. The molecule has 1 amide bonds. The first kappa shape index (κ1) is 16.1. The van der Waals surface area contributed by atoms with Crippen molar-refractivity contribution in [2.24, 2.45) is 0 Å². The van der Waals surface area contributed by atoms with E-state index in [0.29, 0.717) is 17.2 Å². The Morgan fingerprint density at radius 1 is 1.48 bits per heavy atom. The van der Waals surface area contributed by atoms with Crippen LogP contribution in [0.5, 0.6) is 0 Å². The summed E-state index contributed by atoms with van der Waals surface area (Å²) in [7, 11) is 0. The Labute approximate surface area is 131 Å². The smallest absolute Gasteiger partial charge is 0.253 e. The first-order valence-electron chi connectivity index (χ1n) is 7.48. The van der Waals surface area contributed by atoms with E-state index in [2.05, 4.69) is 17.6 Å². The van der Waals surface area contributed by atoms with Gasteiger partial charge in [0.25, 0.3) is 5.91 Å². The molecule has 1 aliphatic heterocycles. The van der Waals surface area contributed by atoms with E-state index < -0.39 is 0 Å². The average Bonchev–Trinajstić information content (AvgIpc) is 2.46. The van der Waals surface area contributed by atoms with Crippen molar-refractivity contribution >= 4 is 23.2 Å². The van der Waals surface area contributed by atoms with Crippen LogP contribution in [0.15, 0.2) is 18.2 Å². The quantitative estimate of drug-likeness (QED) is 0.875. The van der Waals surface area contributed by atoms with Gasteiger partial charge in [-0.15, -0.1) is 0 Å². The Bertz CT molecular complexity index is 499. The van der Waals surface area contributed by atoms with Gasteiger partial charge in [0.1, 0.15) is 0 Å². The summed E-state index contributed by atoms with van der Waals surface area (Å²) in [5.74, 6) is -0.107. The second-order valence-electron chi connectivity index (χ2n) is 5.79. The molecule has 0 spiro atoms. The van der Waals surface area contributed by atoms with E-state index >= 15 is 0 Å². The lowest BCUT2D eigenvalue weighted by molar-refractivity contribution is 0.0273. The third kappa shape index (κ3) is 4.35. The maximum Gasteiger partial charge on any atom is 0.253 e. The lowest BCUT2D eigenvalue weighted by Gasteiger charge is -2.34. The van der Waals surface area contributed by atoms with Gasteiger partial charge < -0.3 is 15.4 Å². The standard InChI is InChI=1S/C16H23ClN2O2/c1-3-8-18-14-6-5-12(17)10-13(14)15(20)19-16(2)7-4-9-21-11-16/h5-6,10,18H,3-4,7-9,11H2,1-2H3,(H,19,20). The Kier molecular flexibility index (Phi) is 5.48. The largest absolute Gasteiger partial charge is 0.384 e. The zero-order chi connectivity index (χ0) is 15.3. The summed E-state index contributed by atoms with van der Waals surface area (Å²) >= 11 is 6.04. The summed E-state index contributed by atoms with van der Waals surface area (Å²) in [6.07, 6.45) is 2.89. The molecule has 1 saturated heterocycles. The number of nitrogens with one attached hydrogen (secondary N) is 2. The molecule has 1 atom stereocenters. The summed E-state index contributed by atoms with van der Waals surface area (Å²) < 4.78 is 5.48. The van der Waals surface area contributed by atoms with Crippen molar-refractivity contribution in [3.8, 4) is 0 Å². The van der Waals surface area contributed by atoms with E-state index in [9.17, 15) is 4.79 Å². The van der Waals surface area contributed by atoms with Crippen molar-refractivity contribution in [3.05, 3.63) is 28.8 Å². The number of carbonyl (C=O) groups excluding carboxylic acids is 1. The predicted molar refractivity (Wildman–Crippen MR) is 86.2 cm³/mol. The molecule has 1 aromatic carbocycles. The SMILES string of the molecule is CCCNc1ccc(Cl)cc1C(=O)NC1(C)CCCOC1. The fourth-order valence-electron chi connectivity index (χ4n) is 2.49. The van der Waals surface area contributed by atoms with Crippen molar-refractivity contribution < 1.29 is 9.53 Å². The first-order chi connectivity index (χ1) is 10.0. The molecule has 4 nitrogen and oxygen atoms in total. The zero-order valence-corrected chi connectivity index (χ0v) is 13.4. The molecule has 116 valence electrons. The summed E-state index contributed by atoms with van der Waals surface area (Å²) in [6.45, 7) is 6.25. The van der Waals surface area contributed by atoms with Gasteiger partial charge in [-0.2, -0.15) is 0 Å². The van der Waals surface area contributed by atoms with Gasteiger partial charge in [-0.05, 0) is 44.4 Å². The molecule has 0 saturated carbocycles. The molecule has 1 aromatic rings. The topological polar surface area (TPSA) is 50.4 Å². The van der Waals surface area contributed by atoms with Gasteiger partial charge in [-0.3, -0.25) is 4.79 Å². The first-order valence-corrected chi connectivity index (χ1v) is 7.85. The van der Waals surface area contributed by atoms with Crippen LogP contribution in [-0.4, -0.2) is 31.2 Å². The monoisotopic (exact) mass is 310 g/mol. The van der Waals surface area contributed by atoms with Crippen molar-refractivity contribution in [1.29, 1.82) is 0 Å². The number of anilines is 1. The Balaban J connectivity index is 2.15. The van der Waals surface area contributed by atoms with Crippen molar-refractivity contribution in [2.75, 3.05) is 25.1 Å². The highest BCUT2D eigenvalue weighted by molar-refractivity contribution is 6.31. The van der Waals surface area contributed by atoms with E-state index in [1.54, 1.807) is 12.1 Å². The van der Waals surface area contributed by atoms with Crippen molar-refractivity contribution in [2.45, 2.75) is 38.6 Å². The second-order valence-corrected chi connectivity index (χ2v) is 6.22. The number of halogens is 1. The third-order valence-electron chi connectivity index (χ3n) is 3.64. The third-order valence-corrected chi connectivity index (χ3v) is 3.88. The van der Waals surface area contributed by atoms with Crippen LogP contribution in [0, 0.1) is 0 Å². The van der Waals surface area contributed by atoms with Gasteiger partial charge in [0.2, 0.25) is 0 Å². The van der Waals surface area contributed by atoms with Crippen LogP contribution in [0.4, 0.5) is 5.69 Å². The van der Waals surface area contributed by atoms with E-state index in [0.717, 1.165) is 38.1 Å². The number of hydrogen-bond acceptors (Lipinski definition) is 3. The molecular weight excluding hydrogens is 288 g/mol. The Hall–Kier alpha value is -1.26. The summed E-state index contributed by atoms with van der Waals surface area (Å²) in [4.78, 5) is 12.6. The summed E-state index contributed by atoms with van der Waals surface area (Å²) in [6, 6.07) is 5.36. The maximum atomic E-state index is 12.6. The molecule has 21 heavy (non-hydrogen) atoms. The minimum absolute atomic E-state index is 0.107. The van der Waals surface area contributed by atoms with Gasteiger partial charge in [0.05, 0.1) is 17.7 Å². The molecule has 0 aromatic heterocycles. The van der Waals surface area contributed by atoms with E-state index in [-0.39, 0.29) is 11.4 Å². The lowest BCUT2D eigenvalue weighted by atomic mass is 9.94. The molecule has 1 unspecified atom stereocenters. The molecule has 5 heteroatoms. The molecule has 1 aliphatic rings. The lowest BCUT2D eigenvalue weighted by Crippen LogP contribution is -2.51. The van der Waals surface area contributed by atoms with Crippen LogP contribution in [0.2, 0.25) is 5.02 Å². The van der Waals surface area contributed by atoms with E-state index in [1.165, 1.54) is 0 Å². The second kappa shape index (κ2) is 7.14. The number of carbonyl (C=O) groups is 1. The van der Waals surface area contributed by atoms with Gasteiger partial charge in [-0.25, -0.2) is 0 Å². The molecule has 1 fully saturated rings. The Morgan fingerprint density at radius 2 is 2.29 bits per heavy atom. The van der Waals surface area contributed by atoms with Crippen LogP contribution >= 0.6 is 11.6 Å². The number of hydrogen-bond donors (Lipinski definition) is 2.